The zero-order valence-electron chi connectivity index (χ0n) is 17.0. The first-order chi connectivity index (χ1) is 15.7. The number of nitrogens with zero attached hydrogens (tertiary/aromatic N) is 1. The van der Waals surface area contributed by atoms with E-state index in [1.165, 1.54) is 11.8 Å². The summed E-state index contributed by atoms with van der Waals surface area (Å²) in [5.41, 5.74) is 1.33. The summed E-state index contributed by atoms with van der Waals surface area (Å²) >= 11 is 7.58. The van der Waals surface area contributed by atoms with Crippen LogP contribution in [-0.4, -0.2) is 30.1 Å². The van der Waals surface area contributed by atoms with Crippen LogP contribution in [0, 0.1) is 0 Å². The van der Waals surface area contributed by atoms with Gasteiger partial charge < -0.3 is 14.8 Å². The Kier molecular flexibility index (Phi) is 5.88. The summed E-state index contributed by atoms with van der Waals surface area (Å²) in [4.78, 5) is 18.8. The van der Waals surface area contributed by atoms with Gasteiger partial charge in [0.15, 0.2) is 11.5 Å². The highest BCUT2D eigenvalue weighted by atomic mass is 35.5. The molecule has 7 heteroatoms. The Morgan fingerprint density at radius 2 is 1.84 bits per heavy atom. The first-order valence-electron chi connectivity index (χ1n) is 10.2. The van der Waals surface area contributed by atoms with Crippen LogP contribution < -0.4 is 14.8 Å². The zero-order chi connectivity index (χ0) is 21.9. The maximum atomic E-state index is 13.1. The number of pyridine rings is 1. The minimum atomic E-state index is -0.262. The Bertz CT molecular complexity index is 1300. The minimum Gasteiger partial charge on any atom is -0.486 e. The molecule has 0 radical (unpaired) electrons. The van der Waals surface area contributed by atoms with Crippen LogP contribution in [0.3, 0.4) is 0 Å². The molecule has 1 atom stereocenters. The van der Waals surface area contributed by atoms with E-state index in [0.717, 1.165) is 26.6 Å². The fourth-order valence-electron chi connectivity index (χ4n) is 3.51. The molecule has 0 spiro atoms. The molecular formula is C25H19ClN2O3S. The lowest BCUT2D eigenvalue weighted by atomic mass is 10.1. The standard InChI is InChI=1S/C25H19ClN2O3S/c26-16-6-5-7-18(12-16)32-24-13-20(19-8-1-2-9-21(19)28-24)25(29)27-14-17-15-30-22-10-3-4-11-23(22)31-17/h1-13,17H,14-15H2,(H,27,29)/t17-/m0/s1. The van der Waals surface area contributed by atoms with E-state index in [9.17, 15) is 4.79 Å². The summed E-state index contributed by atoms with van der Waals surface area (Å²) in [6.45, 7) is 0.713. The van der Waals surface area contributed by atoms with Crippen molar-refractivity contribution in [3.63, 3.8) is 0 Å². The lowest BCUT2D eigenvalue weighted by Gasteiger charge is -2.26. The highest BCUT2D eigenvalue weighted by molar-refractivity contribution is 7.99. The van der Waals surface area contributed by atoms with Crippen LogP contribution in [0.4, 0.5) is 0 Å². The van der Waals surface area contributed by atoms with E-state index in [0.29, 0.717) is 29.5 Å². The van der Waals surface area contributed by atoms with Crippen LogP contribution in [0.15, 0.2) is 88.8 Å². The number of nitrogens with one attached hydrogen (secondary N) is 1. The fraction of sp³-hybridized carbons (Fsp3) is 0.120. The number of hydrogen-bond donors (Lipinski definition) is 1. The minimum absolute atomic E-state index is 0.181. The Labute approximate surface area is 194 Å². The van der Waals surface area contributed by atoms with Crippen LogP contribution in [0.25, 0.3) is 10.9 Å². The molecule has 0 aliphatic carbocycles. The van der Waals surface area contributed by atoms with Gasteiger partial charge >= 0.3 is 0 Å². The number of benzene rings is 3. The van der Waals surface area contributed by atoms with Gasteiger partial charge in [0.05, 0.1) is 17.6 Å². The van der Waals surface area contributed by atoms with Gasteiger partial charge in [-0.1, -0.05) is 59.8 Å². The van der Waals surface area contributed by atoms with Gasteiger partial charge in [-0.25, -0.2) is 4.98 Å². The van der Waals surface area contributed by atoms with Crippen LogP contribution in [0.5, 0.6) is 11.5 Å². The second kappa shape index (κ2) is 9.10. The first-order valence-corrected chi connectivity index (χ1v) is 11.3. The molecule has 1 aromatic heterocycles. The molecule has 0 saturated carbocycles. The molecule has 1 aliphatic rings. The van der Waals surface area contributed by atoms with Gasteiger partial charge in [0.2, 0.25) is 0 Å². The average molecular weight is 463 g/mol. The number of fused-ring (bicyclic) bond motifs is 2. The number of aromatic nitrogens is 1. The van der Waals surface area contributed by atoms with Gasteiger partial charge in [-0.2, -0.15) is 0 Å². The van der Waals surface area contributed by atoms with Crippen molar-refractivity contribution in [2.75, 3.05) is 13.2 Å². The van der Waals surface area contributed by atoms with Gasteiger partial charge in [0.1, 0.15) is 17.7 Å². The van der Waals surface area contributed by atoms with E-state index < -0.39 is 0 Å². The Hall–Kier alpha value is -3.22. The zero-order valence-corrected chi connectivity index (χ0v) is 18.5. The first kappa shape index (κ1) is 20.7. The molecule has 0 fully saturated rings. The number of halogens is 1. The lowest BCUT2D eigenvalue weighted by molar-refractivity contribution is 0.0790. The number of para-hydroxylation sites is 3. The van der Waals surface area contributed by atoms with Crippen LogP contribution in [0.2, 0.25) is 5.02 Å². The quantitative estimate of drug-likeness (QED) is 0.417. The molecule has 1 N–H and O–H groups in total. The van der Waals surface area contributed by atoms with Crippen molar-refractivity contribution in [3.05, 3.63) is 89.4 Å². The maximum absolute atomic E-state index is 13.1. The van der Waals surface area contributed by atoms with Crippen LogP contribution in [0.1, 0.15) is 10.4 Å². The van der Waals surface area contributed by atoms with Crippen molar-refractivity contribution in [2.24, 2.45) is 0 Å². The van der Waals surface area contributed by atoms with E-state index in [1.807, 2.05) is 78.9 Å². The SMILES string of the molecule is O=C(NC[C@H]1COc2ccccc2O1)c1cc(Sc2cccc(Cl)c2)nc2ccccc12. The monoisotopic (exact) mass is 462 g/mol. The van der Waals surface area contributed by atoms with Crippen molar-refractivity contribution in [3.8, 4) is 11.5 Å². The van der Waals surface area contributed by atoms with Gasteiger partial charge in [-0.3, -0.25) is 4.79 Å². The normalized spacial score (nSPS) is 14.8. The molecule has 32 heavy (non-hydrogen) atoms. The number of carbonyl (C=O) groups excluding carboxylic acids is 1. The maximum Gasteiger partial charge on any atom is 0.252 e. The third-order valence-corrected chi connectivity index (χ3v) is 6.16. The highest BCUT2D eigenvalue weighted by Gasteiger charge is 2.22. The lowest BCUT2D eigenvalue weighted by Crippen LogP contribution is -2.40. The van der Waals surface area contributed by atoms with E-state index in [4.69, 9.17) is 26.1 Å². The van der Waals surface area contributed by atoms with Gasteiger partial charge in [-0.05, 0) is 42.5 Å². The number of carbonyl (C=O) groups is 1. The largest absolute Gasteiger partial charge is 0.486 e. The Balaban J connectivity index is 1.36. The Morgan fingerprint density at radius 1 is 1.03 bits per heavy atom. The number of rotatable bonds is 5. The van der Waals surface area contributed by atoms with Crippen molar-refractivity contribution in [1.29, 1.82) is 0 Å². The molecule has 0 saturated heterocycles. The summed E-state index contributed by atoms with van der Waals surface area (Å²) in [6.07, 6.45) is -0.262. The molecule has 0 bridgehead atoms. The van der Waals surface area contributed by atoms with Crippen molar-refractivity contribution >= 4 is 40.2 Å². The second-order valence-corrected chi connectivity index (χ2v) is 8.82. The number of hydrogen-bond acceptors (Lipinski definition) is 5. The highest BCUT2D eigenvalue weighted by Crippen LogP contribution is 2.32. The molecule has 1 amide bonds. The van der Waals surface area contributed by atoms with Crippen LogP contribution >= 0.6 is 23.4 Å². The molecule has 2 heterocycles. The topological polar surface area (TPSA) is 60.5 Å². The van der Waals surface area contributed by atoms with E-state index >= 15 is 0 Å². The number of amides is 1. The Morgan fingerprint density at radius 3 is 2.72 bits per heavy atom. The van der Waals surface area contributed by atoms with Crippen molar-refractivity contribution < 1.29 is 14.3 Å². The second-order valence-electron chi connectivity index (χ2n) is 7.29. The van der Waals surface area contributed by atoms with Crippen LogP contribution in [-0.2, 0) is 0 Å². The van der Waals surface area contributed by atoms with Crippen molar-refractivity contribution in [2.45, 2.75) is 16.0 Å². The predicted molar refractivity (Wildman–Crippen MR) is 126 cm³/mol. The van der Waals surface area contributed by atoms with Gasteiger partial charge in [-0.15, -0.1) is 0 Å². The molecule has 3 aromatic carbocycles. The summed E-state index contributed by atoms with van der Waals surface area (Å²) < 4.78 is 11.7. The summed E-state index contributed by atoms with van der Waals surface area (Å²) in [5.74, 6) is 1.23. The molecule has 160 valence electrons. The van der Waals surface area contributed by atoms with E-state index in [1.54, 1.807) is 0 Å². The number of ether oxygens (including phenoxy) is 2. The van der Waals surface area contributed by atoms with E-state index in [-0.39, 0.29) is 12.0 Å². The smallest absolute Gasteiger partial charge is 0.252 e. The third kappa shape index (κ3) is 4.52. The summed E-state index contributed by atoms with van der Waals surface area (Å²) in [7, 11) is 0. The summed E-state index contributed by atoms with van der Waals surface area (Å²) in [5, 5.41) is 5.17. The third-order valence-electron chi connectivity index (χ3n) is 5.01. The molecule has 5 rings (SSSR count). The molecule has 1 aliphatic heterocycles. The van der Waals surface area contributed by atoms with Gasteiger partial charge in [0.25, 0.3) is 5.91 Å². The van der Waals surface area contributed by atoms with Gasteiger partial charge in [0, 0.05) is 15.3 Å². The molecule has 5 nitrogen and oxygen atoms in total. The average Bonchev–Trinajstić information content (AvgIpc) is 2.82. The predicted octanol–water partition coefficient (Wildman–Crippen LogP) is 5.61. The van der Waals surface area contributed by atoms with E-state index in [2.05, 4.69) is 5.32 Å². The molecular weight excluding hydrogens is 444 g/mol. The van der Waals surface area contributed by atoms with Crippen molar-refractivity contribution in [1.82, 2.24) is 10.3 Å². The fourth-order valence-corrected chi connectivity index (χ4v) is 4.66. The molecule has 0 unspecified atom stereocenters. The summed E-state index contributed by atoms with van der Waals surface area (Å²) in [6, 6.07) is 24.5. The molecule has 4 aromatic rings.